The number of amides is 2. The van der Waals surface area contributed by atoms with E-state index < -0.39 is 34.2 Å². The number of benzene rings is 2. The highest BCUT2D eigenvalue weighted by molar-refractivity contribution is 8.00. The van der Waals surface area contributed by atoms with E-state index in [2.05, 4.69) is 5.32 Å². The van der Waals surface area contributed by atoms with Crippen molar-refractivity contribution in [2.45, 2.75) is 11.1 Å². The number of rotatable bonds is 6. The SMILES string of the molecule is NC(=O)c1ccc(NC(=O)CSc2ccc(C(F)(F)F)cc2[N+](=O)[O-])cc1Cl. The molecule has 2 aromatic carbocycles. The Hall–Kier alpha value is -2.79. The van der Waals surface area contributed by atoms with Crippen molar-refractivity contribution in [2.24, 2.45) is 5.73 Å². The third kappa shape index (κ3) is 5.36. The number of nitrogens with one attached hydrogen (secondary N) is 1. The Balaban J connectivity index is 2.09. The fourth-order valence-corrected chi connectivity index (χ4v) is 3.17. The van der Waals surface area contributed by atoms with Crippen molar-refractivity contribution in [3.8, 4) is 0 Å². The summed E-state index contributed by atoms with van der Waals surface area (Å²) in [7, 11) is 0. The van der Waals surface area contributed by atoms with Gasteiger partial charge in [0.25, 0.3) is 5.69 Å². The van der Waals surface area contributed by atoms with Crippen LogP contribution in [-0.2, 0) is 11.0 Å². The molecule has 0 aliphatic carbocycles. The number of nitro groups is 1. The van der Waals surface area contributed by atoms with E-state index in [0.29, 0.717) is 23.9 Å². The van der Waals surface area contributed by atoms with Crippen molar-refractivity contribution < 1.29 is 27.7 Å². The van der Waals surface area contributed by atoms with Gasteiger partial charge in [0.2, 0.25) is 11.8 Å². The molecule has 2 aromatic rings. The van der Waals surface area contributed by atoms with Crippen molar-refractivity contribution in [1.82, 2.24) is 0 Å². The van der Waals surface area contributed by atoms with Gasteiger partial charge in [-0.05, 0) is 30.3 Å². The molecule has 2 rings (SSSR count). The van der Waals surface area contributed by atoms with E-state index in [1.165, 1.54) is 18.2 Å². The number of halogens is 4. The van der Waals surface area contributed by atoms with Crippen molar-refractivity contribution in [1.29, 1.82) is 0 Å². The van der Waals surface area contributed by atoms with Gasteiger partial charge >= 0.3 is 6.18 Å². The average Bonchev–Trinajstić information content (AvgIpc) is 2.58. The van der Waals surface area contributed by atoms with Gasteiger partial charge in [0.15, 0.2) is 0 Å². The van der Waals surface area contributed by atoms with Crippen LogP contribution in [0.1, 0.15) is 15.9 Å². The lowest BCUT2D eigenvalue weighted by Gasteiger charge is -2.09. The maximum atomic E-state index is 12.7. The van der Waals surface area contributed by atoms with Crippen LogP contribution in [0.3, 0.4) is 0 Å². The molecule has 0 unspecified atom stereocenters. The first kappa shape index (κ1) is 21.5. The van der Waals surface area contributed by atoms with E-state index in [9.17, 15) is 32.9 Å². The largest absolute Gasteiger partial charge is 0.416 e. The lowest BCUT2D eigenvalue weighted by Crippen LogP contribution is -2.15. The molecule has 0 aliphatic rings. The summed E-state index contributed by atoms with van der Waals surface area (Å²) in [6.07, 6.45) is -4.72. The van der Waals surface area contributed by atoms with Gasteiger partial charge in [-0.3, -0.25) is 19.7 Å². The van der Waals surface area contributed by atoms with Crippen LogP contribution in [0.4, 0.5) is 24.5 Å². The molecular weight excluding hydrogens is 423 g/mol. The zero-order valence-electron chi connectivity index (χ0n) is 13.7. The number of nitrogens with zero attached hydrogens (tertiary/aromatic N) is 1. The van der Waals surface area contributed by atoms with E-state index in [-0.39, 0.29) is 26.9 Å². The second-order valence-electron chi connectivity index (χ2n) is 5.33. The van der Waals surface area contributed by atoms with Crippen LogP contribution in [0.15, 0.2) is 41.3 Å². The predicted molar refractivity (Wildman–Crippen MR) is 97.4 cm³/mol. The number of thioether (sulfide) groups is 1. The number of anilines is 1. The van der Waals surface area contributed by atoms with Crippen molar-refractivity contribution >= 4 is 46.6 Å². The summed E-state index contributed by atoms with van der Waals surface area (Å²) in [6.45, 7) is 0. The zero-order chi connectivity index (χ0) is 21.1. The van der Waals surface area contributed by atoms with Crippen LogP contribution in [0, 0.1) is 10.1 Å². The lowest BCUT2D eigenvalue weighted by molar-refractivity contribution is -0.388. The van der Waals surface area contributed by atoms with Crippen LogP contribution >= 0.6 is 23.4 Å². The number of nitro benzene ring substituents is 1. The first-order chi connectivity index (χ1) is 13.0. The topological polar surface area (TPSA) is 115 Å². The maximum absolute atomic E-state index is 12.7. The highest BCUT2D eigenvalue weighted by atomic mass is 35.5. The van der Waals surface area contributed by atoms with E-state index in [1.807, 2.05) is 0 Å². The molecule has 28 heavy (non-hydrogen) atoms. The van der Waals surface area contributed by atoms with E-state index in [0.717, 1.165) is 6.07 Å². The van der Waals surface area contributed by atoms with Gasteiger partial charge in [-0.15, -0.1) is 11.8 Å². The van der Waals surface area contributed by atoms with Crippen LogP contribution < -0.4 is 11.1 Å². The number of alkyl halides is 3. The molecular formula is C16H11ClF3N3O4S. The van der Waals surface area contributed by atoms with Crippen LogP contribution in [0.5, 0.6) is 0 Å². The molecule has 0 fully saturated rings. The molecule has 148 valence electrons. The van der Waals surface area contributed by atoms with Gasteiger partial charge in [0.05, 0.1) is 31.7 Å². The van der Waals surface area contributed by atoms with Gasteiger partial charge in [-0.2, -0.15) is 13.2 Å². The molecule has 0 bridgehead atoms. The molecule has 0 saturated carbocycles. The van der Waals surface area contributed by atoms with E-state index >= 15 is 0 Å². The molecule has 2 amide bonds. The Kier molecular flexibility index (Phi) is 6.52. The quantitative estimate of drug-likeness (QED) is 0.404. The standard InChI is InChI=1S/C16H11ClF3N3O4S/c17-11-6-9(2-3-10(11)15(21)25)22-14(24)7-28-13-4-1-8(16(18,19)20)5-12(13)23(26)27/h1-6H,7H2,(H2,21,25)(H,22,24). The number of carbonyl (C=O) groups excluding carboxylic acids is 2. The smallest absolute Gasteiger partial charge is 0.366 e. The number of hydrogen-bond donors (Lipinski definition) is 2. The van der Waals surface area contributed by atoms with Gasteiger partial charge in [0, 0.05) is 11.8 Å². The molecule has 0 aromatic heterocycles. The van der Waals surface area contributed by atoms with Gasteiger partial charge in [-0.25, -0.2) is 0 Å². The monoisotopic (exact) mass is 433 g/mol. The van der Waals surface area contributed by atoms with Crippen LogP contribution in [0.25, 0.3) is 0 Å². The molecule has 12 heteroatoms. The molecule has 0 heterocycles. The summed E-state index contributed by atoms with van der Waals surface area (Å²) in [5.74, 6) is -1.63. The van der Waals surface area contributed by atoms with Crippen LogP contribution in [0.2, 0.25) is 5.02 Å². The minimum absolute atomic E-state index is 0.0244. The minimum Gasteiger partial charge on any atom is -0.366 e. The van der Waals surface area contributed by atoms with Gasteiger partial charge in [-0.1, -0.05) is 11.6 Å². The number of primary amides is 1. The first-order valence-electron chi connectivity index (χ1n) is 7.36. The molecule has 0 radical (unpaired) electrons. The molecule has 0 spiro atoms. The minimum atomic E-state index is -4.72. The molecule has 7 nitrogen and oxygen atoms in total. The number of nitrogens with two attached hydrogens (primary N) is 1. The summed E-state index contributed by atoms with van der Waals surface area (Å²) < 4.78 is 38.1. The maximum Gasteiger partial charge on any atom is 0.416 e. The highest BCUT2D eigenvalue weighted by Gasteiger charge is 2.33. The Morgan fingerprint density at radius 2 is 1.89 bits per heavy atom. The fraction of sp³-hybridized carbons (Fsp3) is 0.125. The van der Waals surface area contributed by atoms with Crippen molar-refractivity contribution in [2.75, 3.05) is 11.1 Å². The summed E-state index contributed by atoms with van der Waals surface area (Å²) in [4.78, 5) is 33.1. The summed E-state index contributed by atoms with van der Waals surface area (Å²) in [5.41, 5.74) is 3.53. The first-order valence-corrected chi connectivity index (χ1v) is 8.73. The second-order valence-corrected chi connectivity index (χ2v) is 6.76. The Morgan fingerprint density at radius 1 is 1.21 bits per heavy atom. The lowest BCUT2D eigenvalue weighted by atomic mass is 10.2. The summed E-state index contributed by atoms with van der Waals surface area (Å²) in [5, 5.41) is 13.5. The predicted octanol–water partition coefficient (Wildman–Crippen LogP) is 4.10. The van der Waals surface area contributed by atoms with Gasteiger partial charge in [0.1, 0.15) is 0 Å². The normalized spacial score (nSPS) is 11.1. The second kappa shape index (κ2) is 8.48. The number of hydrogen-bond acceptors (Lipinski definition) is 5. The molecule has 0 atom stereocenters. The summed E-state index contributed by atoms with van der Waals surface area (Å²) in [6, 6.07) is 6.06. The Morgan fingerprint density at radius 3 is 2.43 bits per heavy atom. The van der Waals surface area contributed by atoms with E-state index in [4.69, 9.17) is 17.3 Å². The van der Waals surface area contributed by atoms with Crippen molar-refractivity contribution in [3.63, 3.8) is 0 Å². The van der Waals surface area contributed by atoms with E-state index in [1.54, 1.807) is 0 Å². The zero-order valence-corrected chi connectivity index (χ0v) is 15.3. The highest BCUT2D eigenvalue weighted by Crippen LogP contribution is 2.36. The molecule has 0 aliphatic heterocycles. The fourth-order valence-electron chi connectivity index (χ4n) is 2.09. The molecule has 3 N–H and O–H groups in total. The third-order valence-electron chi connectivity index (χ3n) is 3.36. The summed E-state index contributed by atoms with van der Waals surface area (Å²) >= 11 is 6.57. The van der Waals surface area contributed by atoms with Crippen LogP contribution in [-0.4, -0.2) is 22.5 Å². The van der Waals surface area contributed by atoms with Gasteiger partial charge < -0.3 is 11.1 Å². The third-order valence-corrected chi connectivity index (χ3v) is 4.74. The Labute approximate surface area is 165 Å². The Bertz CT molecular complexity index is 953. The molecule has 0 saturated heterocycles. The number of carbonyl (C=O) groups is 2. The average molecular weight is 434 g/mol. The van der Waals surface area contributed by atoms with Crippen molar-refractivity contribution in [3.05, 3.63) is 62.7 Å².